The molecule has 0 saturated heterocycles. The third-order valence-corrected chi connectivity index (χ3v) is 2.57. The predicted molar refractivity (Wildman–Crippen MR) is 59.4 cm³/mol. The first kappa shape index (κ1) is 15.2. The van der Waals surface area contributed by atoms with Crippen LogP contribution in [0.1, 0.15) is 0 Å². The highest BCUT2D eigenvalue weighted by molar-refractivity contribution is 6.41. The van der Waals surface area contributed by atoms with E-state index in [1.54, 1.807) is 0 Å². The van der Waals surface area contributed by atoms with Gasteiger partial charge >= 0.3 is 12.0 Å². The third-order valence-electron chi connectivity index (χ3n) is 1.81. The lowest BCUT2D eigenvalue weighted by Crippen LogP contribution is -2.21. The highest BCUT2D eigenvalue weighted by atomic mass is 35.5. The Balaban J connectivity index is 3.57. The number of nitrogens with one attached hydrogen (secondary N) is 1. The molecule has 0 spiro atoms. The number of nitro benzene ring substituents is 2. The Bertz CT molecular complexity index is 563. The predicted octanol–water partition coefficient (Wildman–Crippen LogP) is 3.74. The fourth-order valence-corrected chi connectivity index (χ4v) is 1.75. The molecule has 1 rings (SSSR count). The zero-order chi connectivity index (χ0) is 15.0. The lowest BCUT2D eigenvalue weighted by molar-refractivity contribution is -0.393. The Labute approximate surface area is 112 Å². The molecule has 19 heavy (non-hydrogen) atoms. The maximum atomic E-state index is 12.1. The molecule has 104 valence electrons. The Morgan fingerprint density at radius 2 is 1.63 bits per heavy atom. The molecular weight excluding hydrogens is 318 g/mol. The molecular formula is C7H2Cl2F3N3O4. The maximum absolute atomic E-state index is 12.1. The van der Waals surface area contributed by atoms with Gasteiger partial charge in [0.1, 0.15) is 5.02 Å². The summed E-state index contributed by atoms with van der Waals surface area (Å²) in [6, 6.07) is 0.366. The van der Waals surface area contributed by atoms with E-state index in [4.69, 9.17) is 23.2 Å². The number of nitrogens with zero attached hydrogens (tertiary/aromatic N) is 2. The van der Waals surface area contributed by atoms with E-state index in [0.29, 0.717) is 6.07 Å². The zero-order valence-electron chi connectivity index (χ0n) is 8.49. The smallest absolute Gasteiger partial charge is 0.295 e. The summed E-state index contributed by atoms with van der Waals surface area (Å²) in [5, 5.41) is 20.2. The quantitative estimate of drug-likeness (QED) is 0.519. The fraction of sp³-hybridized carbons (Fsp3) is 0.143. The van der Waals surface area contributed by atoms with Gasteiger partial charge in [-0.25, -0.2) is 0 Å². The van der Waals surface area contributed by atoms with Crippen LogP contribution in [0.2, 0.25) is 10.0 Å². The largest absolute Gasteiger partial charge is 0.482 e. The molecule has 0 aliphatic heterocycles. The lowest BCUT2D eigenvalue weighted by Gasteiger charge is -2.12. The number of anilines is 1. The molecule has 12 heteroatoms. The molecule has 1 aromatic rings. The van der Waals surface area contributed by atoms with Gasteiger partial charge in [0.25, 0.3) is 5.69 Å². The van der Waals surface area contributed by atoms with Crippen LogP contribution in [-0.2, 0) is 0 Å². The van der Waals surface area contributed by atoms with Gasteiger partial charge in [-0.1, -0.05) is 23.2 Å². The number of hydrogen-bond acceptors (Lipinski definition) is 5. The maximum Gasteiger partial charge on any atom is 0.482 e. The number of nitro groups is 2. The summed E-state index contributed by atoms with van der Waals surface area (Å²) in [6.07, 6.45) is -4.97. The van der Waals surface area contributed by atoms with Crippen molar-refractivity contribution in [2.75, 3.05) is 5.32 Å². The summed E-state index contributed by atoms with van der Waals surface area (Å²) >= 11 is 10.8. The normalized spacial score (nSPS) is 11.2. The van der Waals surface area contributed by atoms with Gasteiger partial charge in [-0.15, -0.1) is 0 Å². The van der Waals surface area contributed by atoms with Gasteiger partial charge in [0, 0.05) is 6.07 Å². The Hall–Kier alpha value is -1.81. The zero-order valence-corrected chi connectivity index (χ0v) is 10.0. The molecule has 0 aliphatic rings. The fourth-order valence-electron chi connectivity index (χ4n) is 1.15. The van der Waals surface area contributed by atoms with E-state index in [9.17, 15) is 33.4 Å². The van der Waals surface area contributed by atoms with Crippen LogP contribution in [0.15, 0.2) is 6.07 Å². The van der Waals surface area contributed by atoms with Crippen molar-refractivity contribution in [3.63, 3.8) is 0 Å². The molecule has 1 N–H and O–H groups in total. The van der Waals surface area contributed by atoms with E-state index in [-0.39, 0.29) is 0 Å². The van der Waals surface area contributed by atoms with Crippen molar-refractivity contribution < 1.29 is 23.0 Å². The number of hydrogen-bond donors (Lipinski definition) is 1. The van der Waals surface area contributed by atoms with Crippen molar-refractivity contribution in [2.24, 2.45) is 0 Å². The van der Waals surface area contributed by atoms with Crippen molar-refractivity contribution >= 4 is 40.3 Å². The summed E-state index contributed by atoms with van der Waals surface area (Å²) in [6.45, 7) is 0. The van der Waals surface area contributed by atoms with Crippen molar-refractivity contribution in [1.82, 2.24) is 0 Å². The highest BCUT2D eigenvalue weighted by Crippen LogP contribution is 2.44. The van der Waals surface area contributed by atoms with Crippen LogP contribution < -0.4 is 5.32 Å². The van der Waals surface area contributed by atoms with E-state index in [1.165, 1.54) is 0 Å². The number of halogens is 5. The summed E-state index contributed by atoms with van der Waals surface area (Å²) in [4.78, 5) is 18.8. The van der Waals surface area contributed by atoms with Gasteiger partial charge in [-0.05, 0) is 0 Å². The Kier molecular flexibility index (Phi) is 4.06. The highest BCUT2D eigenvalue weighted by Gasteiger charge is 2.35. The molecule has 0 bridgehead atoms. The second kappa shape index (κ2) is 5.05. The molecule has 0 radical (unpaired) electrons. The number of benzene rings is 1. The van der Waals surface area contributed by atoms with Crippen molar-refractivity contribution in [3.05, 3.63) is 36.3 Å². The van der Waals surface area contributed by atoms with Crippen LogP contribution in [0.3, 0.4) is 0 Å². The van der Waals surface area contributed by atoms with Crippen molar-refractivity contribution in [1.29, 1.82) is 0 Å². The molecule has 0 heterocycles. The summed E-state index contributed by atoms with van der Waals surface area (Å²) in [5.74, 6) is 0. The van der Waals surface area contributed by atoms with Crippen LogP contribution in [0.5, 0.6) is 0 Å². The lowest BCUT2D eigenvalue weighted by atomic mass is 10.2. The average molecular weight is 320 g/mol. The molecule has 0 saturated carbocycles. The van der Waals surface area contributed by atoms with Gasteiger partial charge in [-0.3, -0.25) is 25.5 Å². The number of rotatable bonds is 3. The summed E-state index contributed by atoms with van der Waals surface area (Å²) in [5.41, 5.74) is -3.27. The van der Waals surface area contributed by atoms with Gasteiger partial charge in [0.2, 0.25) is 0 Å². The van der Waals surface area contributed by atoms with Crippen LogP contribution in [0.4, 0.5) is 30.2 Å². The van der Waals surface area contributed by atoms with Crippen LogP contribution in [0.25, 0.3) is 0 Å². The minimum absolute atomic E-state index is 0.366. The molecule has 0 amide bonds. The average Bonchev–Trinajstić information content (AvgIpc) is 2.19. The van der Waals surface area contributed by atoms with Gasteiger partial charge in [0.05, 0.1) is 15.5 Å². The second-order valence-corrected chi connectivity index (χ2v) is 3.81. The van der Waals surface area contributed by atoms with E-state index in [1.807, 2.05) is 0 Å². The van der Waals surface area contributed by atoms with Gasteiger partial charge < -0.3 is 0 Å². The Morgan fingerprint density at radius 3 is 2.00 bits per heavy atom. The second-order valence-electron chi connectivity index (χ2n) is 3.06. The number of alkyl halides is 3. The van der Waals surface area contributed by atoms with E-state index >= 15 is 0 Å². The van der Waals surface area contributed by atoms with Crippen molar-refractivity contribution in [3.8, 4) is 0 Å². The third kappa shape index (κ3) is 3.35. The molecule has 1 aromatic carbocycles. The molecule has 0 unspecified atom stereocenters. The molecule has 0 aliphatic carbocycles. The summed E-state index contributed by atoms with van der Waals surface area (Å²) < 4.78 is 36.4. The van der Waals surface area contributed by atoms with Gasteiger partial charge in [-0.2, -0.15) is 13.2 Å². The summed E-state index contributed by atoms with van der Waals surface area (Å²) in [7, 11) is 0. The Morgan fingerprint density at radius 1 is 1.11 bits per heavy atom. The van der Waals surface area contributed by atoms with Gasteiger partial charge in [0.15, 0.2) is 5.02 Å². The van der Waals surface area contributed by atoms with E-state index in [2.05, 4.69) is 0 Å². The van der Waals surface area contributed by atoms with Crippen LogP contribution in [0, 0.1) is 20.2 Å². The molecule has 7 nitrogen and oxygen atoms in total. The van der Waals surface area contributed by atoms with E-state index < -0.39 is 43.3 Å². The minimum Gasteiger partial charge on any atom is -0.295 e. The molecule has 0 fully saturated rings. The van der Waals surface area contributed by atoms with Crippen molar-refractivity contribution in [2.45, 2.75) is 6.30 Å². The SMILES string of the molecule is O=[N+]([O-])c1cc(NC(F)(F)F)c(Cl)c([N+](=O)[O-])c1Cl. The topological polar surface area (TPSA) is 98.3 Å². The standard InChI is InChI=1S/C7H2Cl2F3N3O4/c8-4-2(13-7(10,11)12)1-3(14(16)17)5(9)6(4)15(18)19/h1,13H. The van der Waals surface area contributed by atoms with Crippen LogP contribution >= 0.6 is 23.2 Å². The monoisotopic (exact) mass is 319 g/mol. The molecule has 0 aromatic heterocycles. The van der Waals surface area contributed by atoms with E-state index in [0.717, 1.165) is 5.32 Å². The first-order valence-corrected chi connectivity index (χ1v) is 4.96. The van der Waals surface area contributed by atoms with Crippen LogP contribution in [-0.4, -0.2) is 16.1 Å². The minimum atomic E-state index is -4.97. The first-order chi connectivity index (χ1) is 8.54. The molecule has 0 atom stereocenters. The first-order valence-electron chi connectivity index (χ1n) is 4.20.